The Morgan fingerprint density at radius 2 is 1.92 bits per heavy atom. The predicted octanol–water partition coefficient (Wildman–Crippen LogP) is 3.60. The van der Waals surface area contributed by atoms with Crippen LogP contribution in [0.15, 0.2) is 17.6 Å². The molecule has 4 saturated carbocycles. The van der Waals surface area contributed by atoms with Crippen LogP contribution in [0.1, 0.15) is 54.7 Å². The van der Waals surface area contributed by atoms with E-state index in [4.69, 9.17) is 4.98 Å². The van der Waals surface area contributed by atoms with Gasteiger partial charge in [-0.2, -0.15) is 5.10 Å². The Hall–Kier alpha value is -1.69. The van der Waals surface area contributed by atoms with E-state index >= 15 is 0 Å². The van der Waals surface area contributed by atoms with Crippen molar-refractivity contribution in [3.05, 3.63) is 29.0 Å². The number of amides is 1. The molecule has 2 heterocycles. The first-order chi connectivity index (χ1) is 11.6. The van der Waals surface area contributed by atoms with Gasteiger partial charge in [-0.3, -0.25) is 14.8 Å². The summed E-state index contributed by atoms with van der Waals surface area (Å²) in [5.74, 6) is 2.59. The minimum absolute atomic E-state index is 0.138. The largest absolute Gasteiger partial charge is 0.296 e. The van der Waals surface area contributed by atoms with Gasteiger partial charge in [0, 0.05) is 24.0 Å². The van der Waals surface area contributed by atoms with Gasteiger partial charge in [-0.1, -0.05) is 0 Å². The molecule has 5 nitrogen and oxygen atoms in total. The molecule has 6 rings (SSSR count). The molecule has 0 saturated heterocycles. The Kier molecular flexibility index (Phi) is 3.14. The zero-order valence-corrected chi connectivity index (χ0v) is 14.7. The number of nitrogens with one attached hydrogen (secondary N) is 1. The summed E-state index contributed by atoms with van der Waals surface area (Å²) in [5, 5.41) is 9.90. The van der Waals surface area contributed by atoms with Crippen molar-refractivity contribution >= 4 is 22.4 Å². The van der Waals surface area contributed by atoms with E-state index in [0.29, 0.717) is 16.2 Å². The van der Waals surface area contributed by atoms with Crippen LogP contribution in [0, 0.1) is 17.8 Å². The van der Waals surface area contributed by atoms with Crippen molar-refractivity contribution in [2.45, 2.75) is 43.9 Å². The Morgan fingerprint density at radius 1 is 1.25 bits per heavy atom. The van der Waals surface area contributed by atoms with Crippen LogP contribution in [-0.4, -0.2) is 20.7 Å². The Bertz CT molecular complexity index is 757. The predicted molar refractivity (Wildman–Crippen MR) is 93.1 cm³/mol. The van der Waals surface area contributed by atoms with Crippen molar-refractivity contribution < 1.29 is 4.79 Å². The number of thiazole rings is 1. The first-order valence-corrected chi connectivity index (χ1v) is 9.75. The monoisotopic (exact) mass is 342 g/mol. The molecule has 4 bridgehead atoms. The van der Waals surface area contributed by atoms with Gasteiger partial charge in [0.1, 0.15) is 5.69 Å². The summed E-state index contributed by atoms with van der Waals surface area (Å²) < 4.78 is 1.59. The van der Waals surface area contributed by atoms with Gasteiger partial charge in [0.05, 0.1) is 5.69 Å². The minimum atomic E-state index is -0.138. The van der Waals surface area contributed by atoms with E-state index in [-0.39, 0.29) is 5.91 Å². The topological polar surface area (TPSA) is 59.8 Å². The number of anilines is 1. The fourth-order valence-corrected chi connectivity index (χ4v) is 6.59. The molecule has 0 unspecified atom stereocenters. The molecule has 4 fully saturated rings. The number of carbonyl (C=O) groups excluding carboxylic acids is 1. The standard InChI is InChI=1S/C18H22N4OS/c1-22-14(2-3-19-22)16(23)21-17-20-15(10-24-17)18-7-11-4-12(8-18)6-13(5-11)9-18/h2-3,10-13H,4-9H2,1H3,(H,20,21,23). The maximum Gasteiger partial charge on any atom is 0.275 e. The number of carbonyl (C=O) groups is 1. The molecule has 24 heavy (non-hydrogen) atoms. The highest BCUT2D eigenvalue weighted by Crippen LogP contribution is 2.60. The van der Waals surface area contributed by atoms with Crippen LogP contribution >= 0.6 is 11.3 Å². The van der Waals surface area contributed by atoms with E-state index in [2.05, 4.69) is 15.8 Å². The second-order valence-electron chi connectivity index (χ2n) is 8.03. The second-order valence-corrected chi connectivity index (χ2v) is 8.89. The summed E-state index contributed by atoms with van der Waals surface area (Å²) in [6.45, 7) is 0. The zero-order chi connectivity index (χ0) is 16.3. The van der Waals surface area contributed by atoms with Crippen LogP contribution in [0.25, 0.3) is 0 Å². The van der Waals surface area contributed by atoms with Gasteiger partial charge < -0.3 is 0 Å². The van der Waals surface area contributed by atoms with Gasteiger partial charge in [0.15, 0.2) is 5.13 Å². The molecule has 0 aromatic carbocycles. The smallest absolute Gasteiger partial charge is 0.275 e. The molecule has 4 aliphatic rings. The van der Waals surface area contributed by atoms with E-state index < -0.39 is 0 Å². The number of hydrogen-bond donors (Lipinski definition) is 1. The fourth-order valence-electron chi connectivity index (χ4n) is 5.76. The average Bonchev–Trinajstić information content (AvgIpc) is 3.15. The van der Waals surface area contributed by atoms with Crippen LogP contribution < -0.4 is 5.32 Å². The molecule has 2 aromatic rings. The number of aromatic nitrogens is 3. The number of aryl methyl sites for hydroxylation is 1. The van der Waals surface area contributed by atoms with Crippen molar-refractivity contribution in [2.75, 3.05) is 5.32 Å². The summed E-state index contributed by atoms with van der Waals surface area (Å²) in [7, 11) is 1.78. The lowest BCUT2D eigenvalue weighted by molar-refractivity contribution is -0.00688. The lowest BCUT2D eigenvalue weighted by atomic mass is 9.49. The Labute approximate surface area is 145 Å². The average molecular weight is 342 g/mol. The Morgan fingerprint density at radius 3 is 2.50 bits per heavy atom. The first-order valence-electron chi connectivity index (χ1n) is 8.87. The lowest BCUT2D eigenvalue weighted by Gasteiger charge is -2.56. The summed E-state index contributed by atoms with van der Waals surface area (Å²) in [5.41, 5.74) is 2.08. The molecule has 4 aliphatic carbocycles. The van der Waals surface area contributed by atoms with Crippen molar-refractivity contribution in [3.63, 3.8) is 0 Å². The van der Waals surface area contributed by atoms with Gasteiger partial charge in [0.25, 0.3) is 5.91 Å². The Balaban J connectivity index is 1.38. The molecule has 2 aromatic heterocycles. The normalized spacial score (nSPS) is 33.8. The highest BCUT2D eigenvalue weighted by Gasteiger charge is 2.52. The molecule has 0 aliphatic heterocycles. The second kappa shape index (κ2) is 5.15. The van der Waals surface area contributed by atoms with Crippen LogP contribution in [0.5, 0.6) is 0 Å². The van der Waals surface area contributed by atoms with Crippen LogP contribution in [0.3, 0.4) is 0 Å². The highest BCUT2D eigenvalue weighted by molar-refractivity contribution is 7.14. The molecule has 0 spiro atoms. The summed E-state index contributed by atoms with van der Waals surface area (Å²) in [4.78, 5) is 17.2. The summed E-state index contributed by atoms with van der Waals surface area (Å²) in [6, 6.07) is 1.73. The third kappa shape index (κ3) is 2.23. The van der Waals surface area contributed by atoms with Gasteiger partial charge in [0.2, 0.25) is 0 Å². The molecular weight excluding hydrogens is 320 g/mol. The molecular formula is C18H22N4OS. The lowest BCUT2D eigenvalue weighted by Crippen LogP contribution is -2.48. The SMILES string of the molecule is Cn1nccc1C(=O)Nc1nc(C23CC4CC(CC(C4)C2)C3)cs1. The first kappa shape index (κ1) is 14.6. The molecule has 0 atom stereocenters. The van der Waals surface area contributed by atoms with Crippen molar-refractivity contribution in [1.29, 1.82) is 0 Å². The quantitative estimate of drug-likeness (QED) is 0.927. The van der Waals surface area contributed by atoms with Gasteiger partial charge >= 0.3 is 0 Å². The highest BCUT2D eigenvalue weighted by atomic mass is 32.1. The van der Waals surface area contributed by atoms with Crippen LogP contribution in [0.2, 0.25) is 0 Å². The molecule has 126 valence electrons. The molecule has 1 amide bonds. The molecule has 1 N–H and O–H groups in total. The minimum Gasteiger partial charge on any atom is -0.296 e. The van der Waals surface area contributed by atoms with E-state index in [1.54, 1.807) is 35.3 Å². The van der Waals surface area contributed by atoms with Gasteiger partial charge in [-0.05, 0) is 62.3 Å². The number of rotatable bonds is 3. The van der Waals surface area contributed by atoms with Crippen LogP contribution in [0.4, 0.5) is 5.13 Å². The zero-order valence-electron chi connectivity index (χ0n) is 13.9. The van der Waals surface area contributed by atoms with E-state index in [9.17, 15) is 4.79 Å². The van der Waals surface area contributed by atoms with Crippen molar-refractivity contribution in [2.24, 2.45) is 24.8 Å². The third-order valence-electron chi connectivity index (χ3n) is 6.36. The third-order valence-corrected chi connectivity index (χ3v) is 7.12. The van der Waals surface area contributed by atoms with E-state index in [0.717, 1.165) is 17.8 Å². The van der Waals surface area contributed by atoms with Gasteiger partial charge in [-0.25, -0.2) is 4.98 Å². The summed E-state index contributed by atoms with van der Waals surface area (Å²) in [6.07, 6.45) is 9.86. The molecule has 6 heteroatoms. The van der Waals surface area contributed by atoms with Gasteiger partial charge in [-0.15, -0.1) is 11.3 Å². The number of hydrogen-bond acceptors (Lipinski definition) is 4. The molecule has 0 radical (unpaired) electrons. The summed E-state index contributed by atoms with van der Waals surface area (Å²) >= 11 is 1.56. The number of nitrogens with zero attached hydrogens (tertiary/aromatic N) is 3. The maximum atomic E-state index is 12.3. The van der Waals surface area contributed by atoms with Crippen molar-refractivity contribution in [3.8, 4) is 0 Å². The van der Waals surface area contributed by atoms with Crippen molar-refractivity contribution in [1.82, 2.24) is 14.8 Å². The van der Waals surface area contributed by atoms with E-state index in [1.807, 2.05) is 0 Å². The maximum absolute atomic E-state index is 12.3. The van der Waals surface area contributed by atoms with E-state index in [1.165, 1.54) is 44.2 Å². The van der Waals surface area contributed by atoms with Crippen LogP contribution in [-0.2, 0) is 12.5 Å². The fraction of sp³-hybridized carbons (Fsp3) is 0.611.